The highest BCUT2D eigenvalue weighted by molar-refractivity contribution is 5.85. The zero-order chi connectivity index (χ0) is 15.4. The van der Waals surface area contributed by atoms with Crippen molar-refractivity contribution in [2.24, 2.45) is 4.99 Å². The largest absolute Gasteiger partial charge is 0.360 e. The Morgan fingerprint density at radius 2 is 1.74 bits per heavy atom. The highest BCUT2D eigenvalue weighted by Gasteiger charge is 2.13. The first-order chi connectivity index (χ1) is 10.8. The maximum atomic E-state index is 4.89. The van der Waals surface area contributed by atoms with Crippen LogP contribution < -0.4 is 0 Å². The second-order valence-electron chi connectivity index (χ2n) is 6.52. The molecule has 1 aliphatic carbocycles. The van der Waals surface area contributed by atoms with Gasteiger partial charge in [-0.05, 0) is 49.9 Å². The topological polar surface area (TPSA) is 43.9 Å². The van der Waals surface area contributed by atoms with Crippen LogP contribution in [0.2, 0.25) is 0 Å². The van der Waals surface area contributed by atoms with E-state index in [2.05, 4.69) is 36.1 Å². The van der Waals surface area contributed by atoms with Gasteiger partial charge in [-0.3, -0.25) is 4.99 Å². The number of rotatable bonds is 3. The predicted octanol–water partition coefficient (Wildman–Crippen LogP) is 5.58. The number of hydrogen-bond acceptors (Lipinski definition) is 1. The summed E-state index contributed by atoms with van der Waals surface area (Å²) in [6.45, 7) is 4.35. The maximum absolute atomic E-state index is 4.89. The summed E-state index contributed by atoms with van der Waals surface area (Å²) in [5.74, 6) is 0. The van der Waals surface area contributed by atoms with Gasteiger partial charge < -0.3 is 9.97 Å². The molecular formula is C19H28ClN3. The molecule has 0 spiro atoms. The molecule has 1 fully saturated rings. The van der Waals surface area contributed by atoms with E-state index in [1.165, 1.54) is 61.8 Å². The minimum atomic E-state index is 0. The van der Waals surface area contributed by atoms with Gasteiger partial charge in [-0.25, -0.2) is 0 Å². The third kappa shape index (κ3) is 4.29. The molecule has 2 aromatic rings. The minimum Gasteiger partial charge on any atom is -0.360 e. The van der Waals surface area contributed by atoms with Crippen molar-refractivity contribution >= 4 is 18.6 Å². The van der Waals surface area contributed by atoms with E-state index in [0.717, 1.165) is 11.4 Å². The normalized spacial score (nSPS) is 17.0. The van der Waals surface area contributed by atoms with Gasteiger partial charge in [0.1, 0.15) is 0 Å². The molecule has 0 radical (unpaired) electrons. The third-order valence-corrected chi connectivity index (χ3v) is 4.96. The molecule has 1 aliphatic rings. The summed E-state index contributed by atoms with van der Waals surface area (Å²) in [5, 5.41) is 0. The van der Waals surface area contributed by atoms with Crippen molar-refractivity contribution < 1.29 is 0 Å². The fraction of sp³-hybridized carbons (Fsp3) is 0.526. The molecule has 3 rings (SSSR count). The van der Waals surface area contributed by atoms with Gasteiger partial charge in [0.25, 0.3) is 0 Å². The summed E-state index contributed by atoms with van der Waals surface area (Å²) in [6, 6.07) is 4.65. The van der Waals surface area contributed by atoms with Gasteiger partial charge in [-0.2, -0.15) is 0 Å². The summed E-state index contributed by atoms with van der Waals surface area (Å²) >= 11 is 0. The number of nitrogens with zero attached hydrogens (tertiary/aromatic N) is 1. The van der Waals surface area contributed by atoms with E-state index in [4.69, 9.17) is 4.99 Å². The molecule has 4 heteroatoms. The Bertz CT molecular complexity index is 617. The second kappa shape index (κ2) is 8.39. The zero-order valence-electron chi connectivity index (χ0n) is 14.2. The van der Waals surface area contributed by atoms with Gasteiger partial charge in [0.15, 0.2) is 0 Å². The van der Waals surface area contributed by atoms with Gasteiger partial charge in [-0.1, -0.05) is 32.1 Å². The van der Waals surface area contributed by atoms with Crippen LogP contribution in [0, 0.1) is 13.8 Å². The fourth-order valence-corrected chi connectivity index (χ4v) is 3.36. The number of H-pyrrole nitrogens is 2. The van der Waals surface area contributed by atoms with Gasteiger partial charge in [0.05, 0.1) is 23.1 Å². The summed E-state index contributed by atoms with van der Waals surface area (Å²) in [4.78, 5) is 11.7. The van der Waals surface area contributed by atoms with Crippen molar-refractivity contribution in [3.63, 3.8) is 0 Å². The second-order valence-corrected chi connectivity index (χ2v) is 6.52. The highest BCUT2D eigenvalue weighted by atomic mass is 35.5. The van der Waals surface area contributed by atoms with Crippen molar-refractivity contribution in [2.75, 3.05) is 0 Å². The Morgan fingerprint density at radius 1 is 1.04 bits per heavy atom. The molecule has 23 heavy (non-hydrogen) atoms. The Hall–Kier alpha value is -1.48. The van der Waals surface area contributed by atoms with Crippen molar-refractivity contribution in [1.82, 2.24) is 9.97 Å². The van der Waals surface area contributed by atoms with E-state index in [-0.39, 0.29) is 12.4 Å². The smallest absolute Gasteiger partial charge is 0.0656 e. The van der Waals surface area contributed by atoms with E-state index in [0.29, 0.717) is 6.04 Å². The SMILES string of the molecule is Cc1c(C=NC2CCCCCCC2)[nH]c(-c2ccc[nH]2)c1C.Cl. The van der Waals surface area contributed by atoms with Crippen LogP contribution in [0.15, 0.2) is 23.3 Å². The molecule has 2 N–H and O–H groups in total. The van der Waals surface area contributed by atoms with Gasteiger partial charge >= 0.3 is 0 Å². The molecule has 2 aromatic heterocycles. The average molecular weight is 334 g/mol. The summed E-state index contributed by atoms with van der Waals surface area (Å²) in [7, 11) is 0. The quantitative estimate of drug-likeness (QED) is 0.689. The first kappa shape index (κ1) is 17.9. The first-order valence-electron chi connectivity index (χ1n) is 8.62. The first-order valence-corrected chi connectivity index (χ1v) is 8.62. The predicted molar refractivity (Wildman–Crippen MR) is 101 cm³/mol. The van der Waals surface area contributed by atoms with Crippen LogP contribution in [0.1, 0.15) is 61.8 Å². The molecule has 0 amide bonds. The maximum Gasteiger partial charge on any atom is 0.0656 e. The molecule has 0 saturated heterocycles. The van der Waals surface area contributed by atoms with Crippen LogP contribution in [0.3, 0.4) is 0 Å². The van der Waals surface area contributed by atoms with Crippen LogP contribution in [-0.2, 0) is 0 Å². The molecule has 0 bridgehead atoms. The number of halogens is 1. The van der Waals surface area contributed by atoms with Crippen LogP contribution >= 0.6 is 12.4 Å². The number of aliphatic imine (C=N–C) groups is 1. The molecule has 3 nitrogen and oxygen atoms in total. The lowest BCUT2D eigenvalue weighted by Gasteiger charge is -2.15. The van der Waals surface area contributed by atoms with Crippen molar-refractivity contribution in [2.45, 2.75) is 64.8 Å². The molecule has 0 aliphatic heterocycles. The van der Waals surface area contributed by atoms with Crippen LogP contribution in [0.4, 0.5) is 0 Å². The van der Waals surface area contributed by atoms with Crippen molar-refractivity contribution in [3.05, 3.63) is 35.2 Å². The lowest BCUT2D eigenvalue weighted by Crippen LogP contribution is -2.07. The van der Waals surface area contributed by atoms with E-state index >= 15 is 0 Å². The Kier molecular flexibility index (Phi) is 6.52. The zero-order valence-corrected chi connectivity index (χ0v) is 15.0. The van der Waals surface area contributed by atoms with E-state index in [9.17, 15) is 0 Å². The van der Waals surface area contributed by atoms with Crippen LogP contribution in [-0.4, -0.2) is 22.2 Å². The molecule has 0 atom stereocenters. The molecule has 0 aromatic carbocycles. The van der Waals surface area contributed by atoms with E-state index < -0.39 is 0 Å². The van der Waals surface area contributed by atoms with Gasteiger partial charge in [0.2, 0.25) is 0 Å². The number of nitrogens with one attached hydrogen (secondary N) is 2. The number of hydrogen-bond donors (Lipinski definition) is 2. The molecular weight excluding hydrogens is 306 g/mol. The monoisotopic (exact) mass is 333 g/mol. The van der Waals surface area contributed by atoms with Crippen LogP contribution in [0.25, 0.3) is 11.4 Å². The fourth-order valence-electron chi connectivity index (χ4n) is 3.36. The average Bonchev–Trinajstić information content (AvgIpc) is 3.09. The molecule has 0 unspecified atom stereocenters. The number of aromatic nitrogens is 2. The Balaban J connectivity index is 0.00000192. The summed E-state index contributed by atoms with van der Waals surface area (Å²) in [5.41, 5.74) is 6.10. The molecule has 2 heterocycles. The number of aromatic amines is 2. The Labute approximate surface area is 145 Å². The van der Waals surface area contributed by atoms with E-state index in [1.54, 1.807) is 0 Å². The van der Waals surface area contributed by atoms with Gasteiger partial charge in [0, 0.05) is 12.4 Å². The third-order valence-electron chi connectivity index (χ3n) is 4.96. The van der Waals surface area contributed by atoms with Crippen LogP contribution in [0.5, 0.6) is 0 Å². The standard InChI is InChI=1S/C19H27N3.ClH/c1-14-15(2)19(17-11-8-12-20-17)22-18(14)13-21-16-9-6-4-3-5-7-10-16;/h8,11-13,16,20,22H,3-7,9-10H2,1-2H3;1H. The minimum absolute atomic E-state index is 0. The highest BCUT2D eigenvalue weighted by Crippen LogP contribution is 2.25. The summed E-state index contributed by atoms with van der Waals surface area (Å²) in [6.07, 6.45) is 13.4. The van der Waals surface area contributed by atoms with Gasteiger partial charge in [-0.15, -0.1) is 12.4 Å². The molecule has 1 saturated carbocycles. The van der Waals surface area contributed by atoms with Crippen molar-refractivity contribution in [1.29, 1.82) is 0 Å². The summed E-state index contributed by atoms with van der Waals surface area (Å²) < 4.78 is 0. The lowest BCUT2D eigenvalue weighted by atomic mass is 9.97. The lowest BCUT2D eigenvalue weighted by molar-refractivity contribution is 0.456. The van der Waals surface area contributed by atoms with E-state index in [1.807, 2.05) is 12.3 Å². The van der Waals surface area contributed by atoms with Crippen molar-refractivity contribution in [3.8, 4) is 11.4 Å². The molecule has 126 valence electrons. The Morgan fingerprint density at radius 3 is 2.39 bits per heavy atom.